The van der Waals surface area contributed by atoms with Crippen molar-refractivity contribution in [2.45, 2.75) is 32.9 Å². The first-order valence-electron chi connectivity index (χ1n) is 5.97. The van der Waals surface area contributed by atoms with Crippen molar-refractivity contribution in [3.05, 3.63) is 41.2 Å². The predicted molar refractivity (Wildman–Crippen MR) is 67.0 cm³/mol. The zero-order valence-electron chi connectivity index (χ0n) is 10.6. The maximum Gasteiger partial charge on any atom is 0.145 e. The first-order valence-corrected chi connectivity index (χ1v) is 5.97. The van der Waals surface area contributed by atoms with Crippen LogP contribution in [0, 0.1) is 6.92 Å². The molecule has 1 heterocycles. The standard InChI is InChI=1S/C13H17N3O2/c1-3-12(14)10-4-6-11(7-5-10)17-8-13-9(2)15-18-16-13/h4-7,12H,3,8,14H2,1-2H3. The van der Waals surface area contributed by atoms with Crippen LogP contribution in [0.4, 0.5) is 0 Å². The van der Waals surface area contributed by atoms with Crippen LogP contribution >= 0.6 is 0 Å². The van der Waals surface area contributed by atoms with Crippen LogP contribution < -0.4 is 10.5 Å². The Bertz CT molecular complexity index is 493. The van der Waals surface area contributed by atoms with E-state index in [9.17, 15) is 0 Å². The van der Waals surface area contributed by atoms with Gasteiger partial charge in [0.15, 0.2) is 0 Å². The monoisotopic (exact) mass is 247 g/mol. The minimum atomic E-state index is 0.0843. The number of nitrogens with zero attached hydrogens (tertiary/aromatic N) is 2. The second-order valence-corrected chi connectivity index (χ2v) is 4.17. The molecule has 1 unspecified atom stereocenters. The Balaban J connectivity index is 1.96. The van der Waals surface area contributed by atoms with Gasteiger partial charge < -0.3 is 10.5 Å². The molecule has 0 radical (unpaired) electrons. The second kappa shape index (κ2) is 5.64. The van der Waals surface area contributed by atoms with Gasteiger partial charge in [-0.3, -0.25) is 0 Å². The van der Waals surface area contributed by atoms with E-state index in [0.29, 0.717) is 12.3 Å². The predicted octanol–water partition coefficient (Wildman–Crippen LogP) is 2.37. The third kappa shape index (κ3) is 2.87. The van der Waals surface area contributed by atoms with Crippen LogP contribution in [0.15, 0.2) is 28.9 Å². The fraction of sp³-hybridized carbons (Fsp3) is 0.385. The highest BCUT2D eigenvalue weighted by Crippen LogP contribution is 2.19. The Morgan fingerprint density at radius 2 is 2.00 bits per heavy atom. The van der Waals surface area contributed by atoms with Crippen LogP contribution in [-0.4, -0.2) is 10.3 Å². The summed E-state index contributed by atoms with van der Waals surface area (Å²) >= 11 is 0. The molecule has 0 saturated heterocycles. The summed E-state index contributed by atoms with van der Waals surface area (Å²) in [7, 11) is 0. The second-order valence-electron chi connectivity index (χ2n) is 4.17. The fourth-order valence-corrected chi connectivity index (χ4v) is 1.58. The quantitative estimate of drug-likeness (QED) is 0.877. The lowest BCUT2D eigenvalue weighted by Gasteiger charge is -2.10. The molecular weight excluding hydrogens is 230 g/mol. The third-order valence-corrected chi connectivity index (χ3v) is 2.87. The van der Waals surface area contributed by atoms with Gasteiger partial charge in [0.25, 0.3) is 0 Å². The highest BCUT2D eigenvalue weighted by atomic mass is 16.6. The molecule has 0 aliphatic heterocycles. The summed E-state index contributed by atoms with van der Waals surface area (Å²) in [6.07, 6.45) is 0.921. The van der Waals surface area contributed by atoms with Crippen LogP contribution in [0.2, 0.25) is 0 Å². The largest absolute Gasteiger partial charge is 0.487 e. The molecule has 0 saturated carbocycles. The molecule has 0 aliphatic rings. The number of hydrogen-bond donors (Lipinski definition) is 1. The molecule has 2 N–H and O–H groups in total. The Morgan fingerprint density at radius 3 is 2.56 bits per heavy atom. The van der Waals surface area contributed by atoms with Crippen molar-refractivity contribution in [2.24, 2.45) is 5.73 Å². The van der Waals surface area contributed by atoms with E-state index in [0.717, 1.165) is 23.4 Å². The Hall–Kier alpha value is -1.88. The SMILES string of the molecule is CCC(N)c1ccc(OCc2nonc2C)cc1. The summed E-state index contributed by atoms with van der Waals surface area (Å²) in [6.45, 7) is 4.25. The fourth-order valence-electron chi connectivity index (χ4n) is 1.58. The van der Waals surface area contributed by atoms with Crippen molar-refractivity contribution in [3.8, 4) is 5.75 Å². The maximum absolute atomic E-state index is 5.94. The summed E-state index contributed by atoms with van der Waals surface area (Å²) in [5, 5.41) is 7.45. The van der Waals surface area contributed by atoms with E-state index < -0.39 is 0 Å². The first-order chi connectivity index (χ1) is 8.70. The van der Waals surface area contributed by atoms with Gasteiger partial charge in [0.05, 0.1) is 0 Å². The molecule has 96 valence electrons. The van der Waals surface area contributed by atoms with E-state index in [4.69, 9.17) is 10.5 Å². The Kier molecular flexibility index (Phi) is 3.94. The molecule has 1 aromatic carbocycles. The van der Waals surface area contributed by atoms with Gasteiger partial charge in [0, 0.05) is 6.04 Å². The number of rotatable bonds is 5. The molecule has 18 heavy (non-hydrogen) atoms. The van der Waals surface area contributed by atoms with Crippen LogP contribution in [-0.2, 0) is 6.61 Å². The molecule has 5 heteroatoms. The van der Waals surface area contributed by atoms with E-state index in [2.05, 4.69) is 21.9 Å². The summed E-state index contributed by atoms with van der Waals surface area (Å²) in [5.41, 5.74) is 8.52. The van der Waals surface area contributed by atoms with Gasteiger partial charge in [-0.1, -0.05) is 29.4 Å². The normalized spacial score (nSPS) is 12.4. The van der Waals surface area contributed by atoms with Crippen molar-refractivity contribution in [1.29, 1.82) is 0 Å². The van der Waals surface area contributed by atoms with Gasteiger partial charge in [-0.05, 0) is 31.0 Å². The van der Waals surface area contributed by atoms with Crippen LogP contribution in [0.5, 0.6) is 5.75 Å². The van der Waals surface area contributed by atoms with Gasteiger partial charge in [-0.15, -0.1) is 0 Å². The molecule has 0 amide bonds. The molecule has 2 rings (SSSR count). The van der Waals surface area contributed by atoms with Crippen molar-refractivity contribution in [2.75, 3.05) is 0 Å². The number of benzene rings is 1. The smallest absolute Gasteiger partial charge is 0.145 e. The van der Waals surface area contributed by atoms with Gasteiger partial charge in [0.1, 0.15) is 23.7 Å². The van der Waals surface area contributed by atoms with Crippen LogP contribution in [0.25, 0.3) is 0 Å². The number of nitrogens with two attached hydrogens (primary N) is 1. The Morgan fingerprint density at radius 1 is 1.28 bits per heavy atom. The lowest BCUT2D eigenvalue weighted by atomic mass is 10.1. The summed E-state index contributed by atoms with van der Waals surface area (Å²) in [5.74, 6) is 0.782. The zero-order valence-corrected chi connectivity index (χ0v) is 10.6. The summed E-state index contributed by atoms with van der Waals surface area (Å²) in [6, 6.07) is 7.87. The third-order valence-electron chi connectivity index (χ3n) is 2.87. The van der Waals surface area contributed by atoms with Crippen LogP contribution in [0.3, 0.4) is 0 Å². The van der Waals surface area contributed by atoms with Gasteiger partial charge in [-0.25, -0.2) is 4.63 Å². The van der Waals surface area contributed by atoms with Gasteiger partial charge in [0.2, 0.25) is 0 Å². The molecular formula is C13H17N3O2. The molecule has 0 fully saturated rings. The lowest BCUT2D eigenvalue weighted by molar-refractivity contribution is 0.270. The number of aryl methyl sites for hydroxylation is 1. The topological polar surface area (TPSA) is 74.2 Å². The molecule has 1 atom stereocenters. The highest BCUT2D eigenvalue weighted by Gasteiger charge is 2.06. The number of ether oxygens (including phenoxy) is 1. The van der Waals surface area contributed by atoms with Gasteiger partial charge >= 0.3 is 0 Å². The van der Waals surface area contributed by atoms with E-state index in [1.807, 2.05) is 31.2 Å². The highest BCUT2D eigenvalue weighted by molar-refractivity contribution is 5.29. The van der Waals surface area contributed by atoms with E-state index in [-0.39, 0.29) is 6.04 Å². The zero-order chi connectivity index (χ0) is 13.0. The minimum absolute atomic E-state index is 0.0843. The van der Waals surface area contributed by atoms with Crippen molar-refractivity contribution in [1.82, 2.24) is 10.3 Å². The molecule has 5 nitrogen and oxygen atoms in total. The van der Waals surface area contributed by atoms with Crippen molar-refractivity contribution in [3.63, 3.8) is 0 Å². The van der Waals surface area contributed by atoms with Crippen molar-refractivity contribution >= 4 is 0 Å². The lowest BCUT2D eigenvalue weighted by Crippen LogP contribution is -2.08. The van der Waals surface area contributed by atoms with E-state index in [1.165, 1.54) is 0 Å². The summed E-state index contributed by atoms with van der Waals surface area (Å²) in [4.78, 5) is 0. The number of aromatic nitrogens is 2. The minimum Gasteiger partial charge on any atom is -0.487 e. The van der Waals surface area contributed by atoms with Crippen LogP contribution in [0.1, 0.15) is 36.3 Å². The molecule has 0 aliphatic carbocycles. The van der Waals surface area contributed by atoms with E-state index >= 15 is 0 Å². The van der Waals surface area contributed by atoms with Gasteiger partial charge in [-0.2, -0.15) is 0 Å². The molecule has 1 aromatic heterocycles. The molecule has 2 aromatic rings. The average Bonchev–Trinajstić information content (AvgIpc) is 2.81. The molecule has 0 spiro atoms. The Labute approximate surface area is 106 Å². The maximum atomic E-state index is 5.94. The van der Waals surface area contributed by atoms with Crippen molar-refractivity contribution < 1.29 is 9.37 Å². The number of hydrogen-bond acceptors (Lipinski definition) is 5. The molecule has 0 bridgehead atoms. The first kappa shape index (κ1) is 12.6. The summed E-state index contributed by atoms with van der Waals surface area (Å²) < 4.78 is 10.2. The van der Waals surface area contributed by atoms with E-state index in [1.54, 1.807) is 0 Å². The average molecular weight is 247 g/mol.